The van der Waals surface area contributed by atoms with Crippen molar-refractivity contribution in [3.8, 4) is 11.5 Å². The number of amides is 1. The Bertz CT molecular complexity index is 831. The standard InChI is InChI=1S/C18H17NO5S/c20-17(19-9-11-2-4-16(25-11)18(21)22)13-8-12(13)10-1-3-14-15(7-10)24-6-5-23-14/h1-4,7,12-13H,5-6,8-9H2,(H,19,20)(H,21,22). The van der Waals surface area contributed by atoms with Gasteiger partial charge in [-0.1, -0.05) is 6.07 Å². The first-order valence-corrected chi connectivity index (χ1v) is 8.93. The van der Waals surface area contributed by atoms with E-state index in [2.05, 4.69) is 5.32 Å². The Balaban J connectivity index is 1.34. The predicted octanol–water partition coefficient (Wildman–Crippen LogP) is 2.64. The van der Waals surface area contributed by atoms with Gasteiger partial charge in [0.15, 0.2) is 11.5 Å². The number of ether oxygens (including phenoxy) is 2. The van der Waals surface area contributed by atoms with E-state index in [1.807, 2.05) is 18.2 Å². The number of aromatic carboxylic acids is 1. The molecule has 0 bridgehead atoms. The minimum Gasteiger partial charge on any atom is -0.486 e. The fourth-order valence-electron chi connectivity index (χ4n) is 3.04. The zero-order valence-electron chi connectivity index (χ0n) is 13.4. The van der Waals surface area contributed by atoms with E-state index in [1.54, 1.807) is 12.1 Å². The number of rotatable bonds is 5. The number of benzene rings is 1. The zero-order valence-corrected chi connectivity index (χ0v) is 14.2. The van der Waals surface area contributed by atoms with E-state index in [9.17, 15) is 9.59 Å². The Hall–Kier alpha value is -2.54. The number of nitrogens with one attached hydrogen (secondary N) is 1. The third-order valence-electron chi connectivity index (χ3n) is 4.43. The fraction of sp³-hybridized carbons (Fsp3) is 0.333. The molecule has 2 aliphatic rings. The SMILES string of the molecule is O=C(O)c1ccc(CNC(=O)C2CC2c2ccc3c(c2)OCCO3)s1. The third kappa shape index (κ3) is 3.32. The normalized spacial score (nSPS) is 20.8. The van der Waals surface area contributed by atoms with Crippen LogP contribution in [0.25, 0.3) is 0 Å². The van der Waals surface area contributed by atoms with Crippen molar-refractivity contribution in [1.82, 2.24) is 5.32 Å². The maximum absolute atomic E-state index is 12.3. The molecule has 2 heterocycles. The lowest BCUT2D eigenvalue weighted by atomic mass is 10.1. The van der Waals surface area contributed by atoms with E-state index < -0.39 is 5.97 Å². The van der Waals surface area contributed by atoms with Gasteiger partial charge in [0, 0.05) is 10.8 Å². The van der Waals surface area contributed by atoms with Crippen LogP contribution in [0.1, 0.15) is 32.5 Å². The number of carbonyl (C=O) groups excluding carboxylic acids is 1. The molecule has 130 valence electrons. The van der Waals surface area contributed by atoms with Gasteiger partial charge in [0.05, 0.1) is 6.54 Å². The van der Waals surface area contributed by atoms with Gasteiger partial charge in [-0.3, -0.25) is 4.79 Å². The summed E-state index contributed by atoms with van der Waals surface area (Å²) >= 11 is 1.18. The molecule has 2 atom stereocenters. The summed E-state index contributed by atoms with van der Waals surface area (Å²) in [6, 6.07) is 9.15. The molecule has 1 amide bonds. The molecule has 1 aliphatic carbocycles. The van der Waals surface area contributed by atoms with Crippen LogP contribution in [0.3, 0.4) is 0 Å². The van der Waals surface area contributed by atoms with E-state index in [4.69, 9.17) is 14.6 Å². The van der Waals surface area contributed by atoms with Gasteiger partial charge in [0.1, 0.15) is 18.1 Å². The number of thiophene rings is 1. The molecular formula is C18H17NO5S. The van der Waals surface area contributed by atoms with Crippen molar-refractivity contribution in [2.24, 2.45) is 5.92 Å². The van der Waals surface area contributed by atoms with E-state index >= 15 is 0 Å². The number of carboxylic acid groups (broad SMARTS) is 1. The first kappa shape index (κ1) is 16.0. The van der Waals surface area contributed by atoms with Crippen LogP contribution in [-0.2, 0) is 11.3 Å². The summed E-state index contributed by atoms with van der Waals surface area (Å²) in [4.78, 5) is 24.3. The summed E-state index contributed by atoms with van der Waals surface area (Å²) in [6.45, 7) is 1.47. The summed E-state index contributed by atoms with van der Waals surface area (Å²) in [5, 5.41) is 11.8. The van der Waals surface area contributed by atoms with Crippen LogP contribution >= 0.6 is 11.3 Å². The van der Waals surface area contributed by atoms with Crippen LogP contribution in [0, 0.1) is 5.92 Å². The van der Waals surface area contributed by atoms with Crippen LogP contribution in [0.2, 0.25) is 0 Å². The highest BCUT2D eigenvalue weighted by molar-refractivity contribution is 7.13. The van der Waals surface area contributed by atoms with Crippen molar-refractivity contribution in [2.45, 2.75) is 18.9 Å². The second-order valence-corrected chi connectivity index (χ2v) is 7.31. The van der Waals surface area contributed by atoms with Crippen molar-refractivity contribution in [3.05, 3.63) is 45.6 Å². The van der Waals surface area contributed by atoms with Gasteiger partial charge in [-0.2, -0.15) is 0 Å². The number of carboxylic acids is 1. The molecule has 25 heavy (non-hydrogen) atoms. The van der Waals surface area contributed by atoms with Crippen LogP contribution < -0.4 is 14.8 Å². The van der Waals surface area contributed by atoms with Crippen LogP contribution in [0.4, 0.5) is 0 Å². The van der Waals surface area contributed by atoms with Gasteiger partial charge in [-0.15, -0.1) is 11.3 Å². The largest absolute Gasteiger partial charge is 0.486 e. The van der Waals surface area contributed by atoms with Crippen LogP contribution in [0.5, 0.6) is 11.5 Å². The average molecular weight is 359 g/mol. The molecule has 7 heteroatoms. The van der Waals surface area contributed by atoms with E-state index in [-0.39, 0.29) is 22.6 Å². The highest BCUT2D eigenvalue weighted by Crippen LogP contribution is 2.49. The van der Waals surface area contributed by atoms with Crippen molar-refractivity contribution < 1.29 is 24.2 Å². The highest BCUT2D eigenvalue weighted by Gasteiger charge is 2.44. The Morgan fingerprint density at radius 2 is 1.96 bits per heavy atom. The Labute approximate surface area is 148 Å². The maximum Gasteiger partial charge on any atom is 0.345 e. The van der Waals surface area contributed by atoms with Gasteiger partial charge >= 0.3 is 5.97 Å². The second-order valence-electron chi connectivity index (χ2n) is 6.14. The summed E-state index contributed by atoms with van der Waals surface area (Å²) in [5.74, 6) is 0.724. The molecule has 0 radical (unpaired) electrons. The zero-order chi connectivity index (χ0) is 17.4. The first-order valence-electron chi connectivity index (χ1n) is 8.11. The number of carbonyl (C=O) groups is 2. The molecule has 1 aromatic heterocycles. The number of hydrogen-bond acceptors (Lipinski definition) is 5. The molecule has 1 fully saturated rings. The van der Waals surface area contributed by atoms with Crippen LogP contribution in [-0.4, -0.2) is 30.2 Å². The van der Waals surface area contributed by atoms with E-state index in [0.717, 1.165) is 28.4 Å². The van der Waals surface area contributed by atoms with Crippen molar-refractivity contribution >= 4 is 23.2 Å². The summed E-state index contributed by atoms with van der Waals surface area (Å²) in [5.41, 5.74) is 1.09. The Morgan fingerprint density at radius 3 is 2.72 bits per heavy atom. The van der Waals surface area contributed by atoms with E-state index in [1.165, 1.54) is 11.3 Å². The molecule has 0 saturated heterocycles. The quantitative estimate of drug-likeness (QED) is 0.857. The summed E-state index contributed by atoms with van der Waals surface area (Å²) in [7, 11) is 0. The maximum atomic E-state index is 12.3. The predicted molar refractivity (Wildman–Crippen MR) is 91.4 cm³/mol. The molecule has 4 rings (SSSR count). The van der Waals surface area contributed by atoms with Gasteiger partial charge in [-0.25, -0.2) is 4.79 Å². The highest BCUT2D eigenvalue weighted by atomic mass is 32.1. The van der Waals surface area contributed by atoms with Gasteiger partial charge in [-0.05, 0) is 42.2 Å². The average Bonchev–Trinajstić information content (AvgIpc) is 3.28. The topological polar surface area (TPSA) is 84.9 Å². The molecule has 0 spiro atoms. The summed E-state index contributed by atoms with van der Waals surface area (Å²) < 4.78 is 11.1. The monoisotopic (exact) mass is 359 g/mol. The molecule has 6 nitrogen and oxygen atoms in total. The molecule has 2 aromatic rings. The van der Waals surface area contributed by atoms with Gasteiger partial charge in [0.25, 0.3) is 0 Å². The molecular weight excluding hydrogens is 342 g/mol. The lowest BCUT2D eigenvalue weighted by Gasteiger charge is -2.18. The van der Waals surface area contributed by atoms with Gasteiger partial charge in [0.2, 0.25) is 5.91 Å². The molecule has 2 N–H and O–H groups in total. The minimum atomic E-state index is -0.941. The Morgan fingerprint density at radius 1 is 1.16 bits per heavy atom. The molecule has 1 aromatic carbocycles. The lowest BCUT2D eigenvalue weighted by Crippen LogP contribution is -2.24. The van der Waals surface area contributed by atoms with Crippen molar-refractivity contribution in [1.29, 1.82) is 0 Å². The third-order valence-corrected chi connectivity index (χ3v) is 5.50. The molecule has 2 unspecified atom stereocenters. The molecule has 1 saturated carbocycles. The second kappa shape index (κ2) is 6.40. The van der Waals surface area contributed by atoms with Crippen molar-refractivity contribution in [2.75, 3.05) is 13.2 Å². The molecule has 1 aliphatic heterocycles. The fourth-order valence-corrected chi connectivity index (χ4v) is 3.82. The lowest BCUT2D eigenvalue weighted by molar-refractivity contribution is -0.122. The summed E-state index contributed by atoms with van der Waals surface area (Å²) in [6.07, 6.45) is 0.816. The number of hydrogen-bond donors (Lipinski definition) is 2. The number of fused-ring (bicyclic) bond motifs is 1. The van der Waals surface area contributed by atoms with Gasteiger partial charge < -0.3 is 19.9 Å². The smallest absolute Gasteiger partial charge is 0.345 e. The van der Waals surface area contributed by atoms with Crippen molar-refractivity contribution in [3.63, 3.8) is 0 Å². The first-order chi connectivity index (χ1) is 12.1. The Kier molecular flexibility index (Phi) is 4.09. The van der Waals surface area contributed by atoms with Crippen LogP contribution in [0.15, 0.2) is 30.3 Å². The minimum absolute atomic E-state index is 0.00478. The van der Waals surface area contributed by atoms with E-state index in [0.29, 0.717) is 19.8 Å².